The number of hydrogen-bond acceptors (Lipinski definition) is 6. The minimum atomic E-state index is -0.665. The summed E-state index contributed by atoms with van der Waals surface area (Å²) in [6, 6.07) is 9.06. The van der Waals surface area contributed by atoms with Crippen molar-refractivity contribution >= 4 is 27.5 Å². The number of aromatic amines is 1. The van der Waals surface area contributed by atoms with E-state index >= 15 is 0 Å². The summed E-state index contributed by atoms with van der Waals surface area (Å²) in [6.45, 7) is 3.72. The molecule has 0 saturated heterocycles. The minimum absolute atomic E-state index is 0.157. The number of aromatic nitrogens is 2. The molecule has 0 spiro atoms. The molecule has 1 aliphatic rings. The second kappa shape index (κ2) is 7.75. The summed E-state index contributed by atoms with van der Waals surface area (Å²) in [5, 5.41) is 0.696. The molecule has 0 radical (unpaired) electrons. The van der Waals surface area contributed by atoms with Crippen LogP contribution in [0.1, 0.15) is 42.6 Å². The van der Waals surface area contributed by atoms with Gasteiger partial charge in [0.1, 0.15) is 10.6 Å². The Morgan fingerprint density at radius 3 is 2.93 bits per heavy atom. The van der Waals surface area contributed by atoms with E-state index in [1.54, 1.807) is 30.4 Å². The number of thiophene rings is 1. The second-order valence-corrected chi connectivity index (χ2v) is 8.30. The number of nitrogens with zero attached hydrogens (tertiary/aromatic N) is 1. The van der Waals surface area contributed by atoms with E-state index in [1.807, 2.05) is 18.2 Å². The number of rotatable bonds is 5. The molecule has 4 rings (SSSR count). The minimum Gasteiger partial charge on any atom is -0.482 e. The lowest BCUT2D eigenvalue weighted by Crippen LogP contribution is -2.20. The third-order valence-corrected chi connectivity index (χ3v) is 6.13. The predicted molar refractivity (Wildman–Crippen MR) is 108 cm³/mol. The van der Waals surface area contributed by atoms with E-state index in [-0.39, 0.29) is 12.2 Å². The van der Waals surface area contributed by atoms with Crippen molar-refractivity contribution in [1.82, 2.24) is 9.97 Å². The maximum Gasteiger partial charge on any atom is 0.344 e. The zero-order valence-corrected chi connectivity index (χ0v) is 16.7. The Morgan fingerprint density at radius 2 is 2.14 bits per heavy atom. The van der Waals surface area contributed by atoms with E-state index in [4.69, 9.17) is 9.47 Å². The number of benzene rings is 1. The first kappa shape index (κ1) is 18.7. The van der Waals surface area contributed by atoms with Gasteiger partial charge in [-0.3, -0.25) is 4.79 Å². The molecule has 28 heavy (non-hydrogen) atoms. The molecular weight excluding hydrogens is 376 g/mol. The fraction of sp³-hybridized carbons (Fsp3) is 0.381. The lowest BCUT2D eigenvalue weighted by Gasteiger charge is -2.17. The quantitative estimate of drug-likeness (QED) is 0.661. The summed E-state index contributed by atoms with van der Waals surface area (Å²) < 4.78 is 10.8. The molecule has 1 aliphatic carbocycles. The largest absolute Gasteiger partial charge is 0.482 e. The Bertz CT molecular complexity index is 1060. The summed E-state index contributed by atoms with van der Waals surface area (Å²) in [7, 11) is 0. The molecule has 0 aliphatic heterocycles. The van der Waals surface area contributed by atoms with Crippen molar-refractivity contribution in [3.05, 3.63) is 57.0 Å². The third kappa shape index (κ3) is 3.80. The van der Waals surface area contributed by atoms with Crippen molar-refractivity contribution < 1.29 is 14.3 Å². The number of hydrogen-bond donors (Lipinski definition) is 1. The molecule has 2 atom stereocenters. The molecule has 0 amide bonds. The van der Waals surface area contributed by atoms with Gasteiger partial charge in [-0.2, -0.15) is 0 Å². The molecule has 0 unspecified atom stereocenters. The van der Waals surface area contributed by atoms with Crippen LogP contribution in [0.15, 0.2) is 35.1 Å². The SMILES string of the molecule is C[C@H]1CCc2c(sc3nc([C@H](C)OC(=O)COc4ccccc4)[nH]c(=O)c23)C1. The number of ether oxygens (including phenoxy) is 2. The van der Waals surface area contributed by atoms with E-state index in [9.17, 15) is 9.59 Å². The van der Waals surface area contributed by atoms with Gasteiger partial charge >= 0.3 is 5.97 Å². The molecule has 7 heteroatoms. The lowest BCUT2D eigenvalue weighted by molar-refractivity contribution is -0.151. The second-order valence-electron chi connectivity index (χ2n) is 7.22. The molecule has 2 aromatic heterocycles. The first-order chi connectivity index (χ1) is 13.5. The van der Waals surface area contributed by atoms with Gasteiger partial charge < -0.3 is 14.5 Å². The highest BCUT2D eigenvalue weighted by Gasteiger charge is 2.24. The maximum absolute atomic E-state index is 12.7. The van der Waals surface area contributed by atoms with Crippen LogP contribution in [0, 0.1) is 5.92 Å². The van der Waals surface area contributed by atoms with E-state index in [2.05, 4.69) is 16.9 Å². The summed E-state index contributed by atoms with van der Waals surface area (Å²) >= 11 is 1.58. The average Bonchev–Trinajstić information content (AvgIpc) is 3.05. The molecule has 1 N–H and O–H groups in total. The van der Waals surface area contributed by atoms with Crippen LogP contribution in [0.2, 0.25) is 0 Å². The van der Waals surface area contributed by atoms with Gasteiger partial charge in [0, 0.05) is 4.88 Å². The highest BCUT2D eigenvalue weighted by molar-refractivity contribution is 7.18. The van der Waals surface area contributed by atoms with E-state index in [1.165, 1.54) is 4.88 Å². The van der Waals surface area contributed by atoms with Gasteiger partial charge in [-0.1, -0.05) is 25.1 Å². The number of aryl methyl sites for hydroxylation is 1. The van der Waals surface area contributed by atoms with Crippen LogP contribution in [-0.2, 0) is 22.4 Å². The van der Waals surface area contributed by atoms with E-state index in [0.717, 1.165) is 29.7 Å². The highest BCUT2D eigenvalue weighted by Crippen LogP contribution is 2.35. The Kier molecular flexibility index (Phi) is 5.17. The zero-order chi connectivity index (χ0) is 19.7. The monoisotopic (exact) mass is 398 g/mol. The van der Waals surface area contributed by atoms with Crippen molar-refractivity contribution in [2.75, 3.05) is 6.61 Å². The Hall–Kier alpha value is -2.67. The fourth-order valence-corrected chi connectivity index (χ4v) is 4.89. The van der Waals surface area contributed by atoms with Crippen molar-refractivity contribution in [2.45, 2.75) is 39.2 Å². The summed E-state index contributed by atoms with van der Waals surface area (Å²) in [4.78, 5) is 34.1. The first-order valence-electron chi connectivity index (χ1n) is 9.43. The van der Waals surface area contributed by atoms with Crippen LogP contribution in [0.3, 0.4) is 0 Å². The normalized spacial score (nSPS) is 17.1. The Morgan fingerprint density at radius 1 is 1.36 bits per heavy atom. The van der Waals surface area contributed by atoms with Crippen LogP contribution >= 0.6 is 11.3 Å². The molecule has 3 aromatic rings. The standard InChI is InChI=1S/C21H22N2O4S/c1-12-8-9-15-16(10-12)28-21-18(15)20(25)22-19(23-21)13(2)27-17(24)11-26-14-6-4-3-5-7-14/h3-7,12-13H,8-11H2,1-2H3,(H,22,23,25)/t12-,13-/m0/s1. The van der Waals surface area contributed by atoms with Gasteiger partial charge in [0.15, 0.2) is 18.5 Å². The predicted octanol–water partition coefficient (Wildman–Crippen LogP) is 3.79. The number of fused-ring (bicyclic) bond motifs is 3. The number of H-pyrrole nitrogens is 1. The Balaban J connectivity index is 1.49. The van der Waals surface area contributed by atoms with Crippen LogP contribution < -0.4 is 10.3 Å². The maximum atomic E-state index is 12.7. The number of carbonyl (C=O) groups is 1. The highest BCUT2D eigenvalue weighted by atomic mass is 32.1. The average molecular weight is 398 g/mol. The van der Waals surface area contributed by atoms with Crippen molar-refractivity contribution in [1.29, 1.82) is 0 Å². The summed E-state index contributed by atoms with van der Waals surface area (Å²) in [5.74, 6) is 1.07. The van der Waals surface area contributed by atoms with Crippen LogP contribution in [0.5, 0.6) is 5.75 Å². The van der Waals surface area contributed by atoms with Gasteiger partial charge in [0.25, 0.3) is 5.56 Å². The number of carbonyl (C=O) groups excluding carboxylic acids is 1. The first-order valence-corrected chi connectivity index (χ1v) is 10.2. The van der Waals surface area contributed by atoms with Crippen LogP contribution in [-0.4, -0.2) is 22.5 Å². The van der Waals surface area contributed by atoms with Gasteiger partial charge in [0.2, 0.25) is 0 Å². The van der Waals surface area contributed by atoms with Gasteiger partial charge in [-0.25, -0.2) is 9.78 Å². The zero-order valence-electron chi connectivity index (χ0n) is 15.9. The molecule has 0 saturated carbocycles. The molecule has 146 valence electrons. The molecule has 6 nitrogen and oxygen atoms in total. The summed E-state index contributed by atoms with van der Waals surface area (Å²) in [5.41, 5.74) is 0.981. The van der Waals surface area contributed by atoms with Gasteiger partial charge in [-0.15, -0.1) is 11.3 Å². The van der Waals surface area contributed by atoms with Gasteiger partial charge in [0.05, 0.1) is 5.39 Å². The van der Waals surface area contributed by atoms with Crippen LogP contribution in [0.4, 0.5) is 0 Å². The Labute approximate surface area is 166 Å². The molecule has 0 bridgehead atoms. The number of para-hydroxylation sites is 1. The smallest absolute Gasteiger partial charge is 0.344 e. The van der Waals surface area contributed by atoms with E-state index < -0.39 is 12.1 Å². The molecule has 2 heterocycles. The van der Waals surface area contributed by atoms with Crippen molar-refractivity contribution in [3.8, 4) is 5.75 Å². The lowest BCUT2D eigenvalue weighted by atomic mass is 9.89. The van der Waals surface area contributed by atoms with E-state index in [0.29, 0.717) is 22.9 Å². The molecular formula is C21H22N2O4S. The fourth-order valence-electron chi connectivity index (χ4n) is 3.50. The number of esters is 1. The molecule has 0 fully saturated rings. The number of nitrogens with one attached hydrogen (secondary N) is 1. The molecule has 1 aromatic carbocycles. The van der Waals surface area contributed by atoms with Crippen LogP contribution in [0.25, 0.3) is 10.2 Å². The van der Waals surface area contributed by atoms with Crippen molar-refractivity contribution in [3.63, 3.8) is 0 Å². The topological polar surface area (TPSA) is 81.3 Å². The third-order valence-electron chi connectivity index (χ3n) is 4.98. The summed E-state index contributed by atoms with van der Waals surface area (Å²) in [6.07, 6.45) is 2.34. The van der Waals surface area contributed by atoms with Crippen molar-refractivity contribution in [2.24, 2.45) is 5.92 Å². The van der Waals surface area contributed by atoms with Gasteiger partial charge in [-0.05, 0) is 49.8 Å².